The zero-order valence-electron chi connectivity index (χ0n) is 13.9. The summed E-state index contributed by atoms with van der Waals surface area (Å²) in [6.45, 7) is 2.92. The van der Waals surface area contributed by atoms with Gasteiger partial charge in [0.25, 0.3) is 0 Å². The second-order valence-corrected chi connectivity index (χ2v) is 8.79. The quantitative estimate of drug-likeness (QED) is 0.828. The Morgan fingerprint density at radius 1 is 1.33 bits per heavy atom. The number of sulfone groups is 1. The lowest BCUT2D eigenvalue weighted by Gasteiger charge is -2.31. The maximum Gasteiger partial charge on any atom is 0.239 e. The third kappa shape index (κ3) is 3.92. The predicted molar refractivity (Wildman–Crippen MR) is 88.6 cm³/mol. The summed E-state index contributed by atoms with van der Waals surface area (Å²) in [4.78, 5) is 26.4. The fraction of sp³-hybridized carbons (Fsp3) is 0.500. The molecule has 8 heteroatoms. The highest BCUT2D eigenvalue weighted by Crippen LogP contribution is 2.25. The van der Waals surface area contributed by atoms with Gasteiger partial charge in [-0.25, -0.2) is 12.8 Å². The summed E-state index contributed by atoms with van der Waals surface area (Å²) >= 11 is 0. The topological polar surface area (TPSA) is 83.6 Å². The van der Waals surface area contributed by atoms with E-state index in [1.54, 1.807) is 0 Å². The maximum atomic E-state index is 13.2. The molecule has 0 aliphatic carbocycles. The number of halogens is 1. The molecule has 1 fully saturated rings. The summed E-state index contributed by atoms with van der Waals surface area (Å²) in [7, 11) is -1.62. The predicted octanol–water partition coefficient (Wildman–Crippen LogP) is 1.44. The first kappa shape index (κ1) is 18.4. The normalized spacial score (nSPS) is 19.8. The monoisotopic (exact) mass is 356 g/mol. The minimum Gasteiger partial charge on any atom is -0.341 e. The molecule has 0 bridgehead atoms. The van der Waals surface area contributed by atoms with Crippen LogP contribution in [0.5, 0.6) is 0 Å². The summed E-state index contributed by atoms with van der Waals surface area (Å²) in [5, 5.41) is 2.52. The Morgan fingerprint density at radius 3 is 2.54 bits per heavy atom. The third-order valence-electron chi connectivity index (χ3n) is 4.26. The molecule has 1 N–H and O–H groups in total. The molecule has 0 saturated carbocycles. The molecule has 0 aromatic heterocycles. The Balaban J connectivity index is 2.10. The van der Waals surface area contributed by atoms with Gasteiger partial charge >= 0.3 is 0 Å². The largest absolute Gasteiger partial charge is 0.341 e. The summed E-state index contributed by atoms with van der Waals surface area (Å²) < 4.78 is 36.3. The van der Waals surface area contributed by atoms with E-state index < -0.39 is 38.9 Å². The van der Waals surface area contributed by atoms with Crippen molar-refractivity contribution in [3.05, 3.63) is 30.1 Å². The van der Waals surface area contributed by atoms with E-state index in [4.69, 9.17) is 0 Å². The third-order valence-corrected chi connectivity index (χ3v) is 6.01. The molecule has 132 valence electrons. The fourth-order valence-electron chi connectivity index (χ4n) is 2.64. The van der Waals surface area contributed by atoms with E-state index in [-0.39, 0.29) is 17.2 Å². The van der Waals surface area contributed by atoms with Gasteiger partial charge < -0.3 is 10.2 Å². The molecule has 0 spiro atoms. The van der Waals surface area contributed by atoms with Gasteiger partial charge in [-0.3, -0.25) is 9.59 Å². The van der Waals surface area contributed by atoms with Crippen molar-refractivity contribution in [2.45, 2.75) is 26.3 Å². The van der Waals surface area contributed by atoms with Crippen LogP contribution in [0.3, 0.4) is 0 Å². The van der Waals surface area contributed by atoms with E-state index in [1.165, 1.54) is 44.0 Å². The maximum absolute atomic E-state index is 13.2. The SMILES string of the molecule is CN(C(=O)C(C)(C)C(=O)Nc1cccc(F)c1)C1CCS(=O)(=O)C1. The number of carbonyl (C=O) groups is 2. The number of hydrogen-bond donors (Lipinski definition) is 1. The van der Waals surface area contributed by atoms with Gasteiger partial charge in [0.15, 0.2) is 9.84 Å². The van der Waals surface area contributed by atoms with Crippen LogP contribution >= 0.6 is 0 Å². The van der Waals surface area contributed by atoms with Crippen LogP contribution in [0.25, 0.3) is 0 Å². The van der Waals surface area contributed by atoms with Crippen LogP contribution in [0.2, 0.25) is 0 Å². The van der Waals surface area contributed by atoms with Crippen LogP contribution in [0.15, 0.2) is 24.3 Å². The smallest absolute Gasteiger partial charge is 0.239 e. The van der Waals surface area contributed by atoms with Crippen LogP contribution in [0.1, 0.15) is 20.3 Å². The van der Waals surface area contributed by atoms with E-state index >= 15 is 0 Å². The highest BCUT2D eigenvalue weighted by Gasteiger charge is 2.42. The summed E-state index contributed by atoms with van der Waals surface area (Å²) in [5.74, 6) is -1.59. The van der Waals surface area contributed by atoms with Crippen LogP contribution in [-0.2, 0) is 19.4 Å². The van der Waals surface area contributed by atoms with Gasteiger partial charge in [0.1, 0.15) is 11.2 Å². The Labute approximate surface area is 140 Å². The van der Waals surface area contributed by atoms with Crippen molar-refractivity contribution >= 4 is 27.3 Å². The van der Waals surface area contributed by atoms with Crippen molar-refractivity contribution in [1.82, 2.24) is 4.90 Å². The van der Waals surface area contributed by atoms with Crippen molar-refractivity contribution in [3.63, 3.8) is 0 Å². The molecule has 1 aliphatic rings. The molecule has 1 atom stereocenters. The first-order chi connectivity index (χ1) is 11.0. The molecule has 24 heavy (non-hydrogen) atoms. The number of benzene rings is 1. The molecular weight excluding hydrogens is 335 g/mol. The molecule has 1 aromatic carbocycles. The van der Waals surface area contributed by atoms with E-state index in [0.29, 0.717) is 6.42 Å². The lowest BCUT2D eigenvalue weighted by molar-refractivity contribution is -0.146. The lowest BCUT2D eigenvalue weighted by Crippen LogP contribution is -2.49. The van der Waals surface area contributed by atoms with Crippen LogP contribution in [-0.4, -0.2) is 49.7 Å². The Kier molecular flexibility index (Phi) is 4.98. The van der Waals surface area contributed by atoms with E-state index in [2.05, 4.69) is 5.32 Å². The highest BCUT2D eigenvalue weighted by molar-refractivity contribution is 7.91. The molecule has 1 unspecified atom stereocenters. The number of nitrogens with one attached hydrogen (secondary N) is 1. The first-order valence-corrected chi connectivity index (χ1v) is 9.40. The number of rotatable bonds is 4. The van der Waals surface area contributed by atoms with Gasteiger partial charge in [0, 0.05) is 18.8 Å². The fourth-order valence-corrected chi connectivity index (χ4v) is 4.41. The summed E-state index contributed by atoms with van der Waals surface area (Å²) in [6.07, 6.45) is 0.367. The number of carbonyl (C=O) groups excluding carboxylic acids is 2. The van der Waals surface area contributed by atoms with E-state index in [1.807, 2.05) is 0 Å². The molecule has 6 nitrogen and oxygen atoms in total. The number of hydrogen-bond acceptors (Lipinski definition) is 4. The Bertz CT molecular complexity index is 761. The highest BCUT2D eigenvalue weighted by atomic mass is 32.2. The minimum absolute atomic E-state index is 0.0468. The Morgan fingerprint density at radius 2 is 2.00 bits per heavy atom. The van der Waals surface area contributed by atoms with Gasteiger partial charge in [0.2, 0.25) is 11.8 Å². The molecule has 1 aromatic rings. The van der Waals surface area contributed by atoms with Crippen molar-refractivity contribution in [2.75, 3.05) is 23.9 Å². The second-order valence-electron chi connectivity index (χ2n) is 6.56. The molecule has 1 saturated heterocycles. The van der Waals surface area contributed by atoms with Gasteiger partial charge in [-0.05, 0) is 38.5 Å². The van der Waals surface area contributed by atoms with Crippen LogP contribution in [0, 0.1) is 11.2 Å². The molecule has 2 rings (SSSR count). The van der Waals surface area contributed by atoms with Gasteiger partial charge in [-0.2, -0.15) is 0 Å². The molecular formula is C16H21FN2O4S. The first-order valence-electron chi connectivity index (χ1n) is 7.57. The minimum atomic E-state index is -3.13. The Hall–Kier alpha value is -1.96. The van der Waals surface area contributed by atoms with Crippen molar-refractivity contribution in [2.24, 2.45) is 5.41 Å². The molecule has 2 amide bonds. The van der Waals surface area contributed by atoms with Crippen molar-refractivity contribution in [1.29, 1.82) is 0 Å². The molecule has 0 radical (unpaired) electrons. The summed E-state index contributed by atoms with van der Waals surface area (Å²) in [6, 6.07) is 4.96. The molecule has 1 heterocycles. The summed E-state index contributed by atoms with van der Waals surface area (Å²) in [5.41, 5.74) is -1.15. The zero-order valence-corrected chi connectivity index (χ0v) is 14.7. The zero-order chi connectivity index (χ0) is 18.1. The van der Waals surface area contributed by atoms with Crippen LogP contribution in [0.4, 0.5) is 10.1 Å². The van der Waals surface area contributed by atoms with Crippen LogP contribution < -0.4 is 5.32 Å². The average Bonchev–Trinajstić information content (AvgIpc) is 2.85. The van der Waals surface area contributed by atoms with Crippen molar-refractivity contribution < 1.29 is 22.4 Å². The number of nitrogens with zero attached hydrogens (tertiary/aromatic N) is 1. The van der Waals surface area contributed by atoms with E-state index in [9.17, 15) is 22.4 Å². The standard InChI is InChI=1S/C16H21FN2O4S/c1-16(2,14(20)18-12-6-4-5-11(17)9-12)15(21)19(3)13-7-8-24(22,23)10-13/h4-6,9,13H,7-8,10H2,1-3H3,(H,18,20). The number of anilines is 1. The lowest BCUT2D eigenvalue weighted by atomic mass is 9.89. The van der Waals surface area contributed by atoms with Crippen molar-refractivity contribution in [3.8, 4) is 0 Å². The average molecular weight is 356 g/mol. The van der Waals surface area contributed by atoms with E-state index in [0.717, 1.165) is 6.07 Å². The number of amides is 2. The van der Waals surface area contributed by atoms with Gasteiger partial charge in [-0.1, -0.05) is 6.07 Å². The van der Waals surface area contributed by atoms with Gasteiger partial charge in [0.05, 0.1) is 11.5 Å². The van der Waals surface area contributed by atoms with Gasteiger partial charge in [-0.15, -0.1) is 0 Å². The second kappa shape index (κ2) is 6.51. The molecule has 1 aliphatic heterocycles.